The number of benzene rings is 2. The molecule has 0 aliphatic carbocycles. The zero-order valence-corrected chi connectivity index (χ0v) is 17.0. The van der Waals surface area contributed by atoms with Crippen molar-refractivity contribution < 1.29 is 28.5 Å². The van der Waals surface area contributed by atoms with Crippen molar-refractivity contribution in [3.05, 3.63) is 35.4 Å². The van der Waals surface area contributed by atoms with Crippen molar-refractivity contribution in [3.63, 3.8) is 0 Å². The Balaban J connectivity index is 2.57. The molecule has 0 saturated carbocycles. The number of hydrogen-bond acceptors (Lipinski definition) is 6. The van der Waals surface area contributed by atoms with Crippen LogP contribution in [0.25, 0.3) is 10.8 Å². The van der Waals surface area contributed by atoms with E-state index < -0.39 is 12.3 Å². The van der Waals surface area contributed by atoms with E-state index >= 15 is 0 Å². The molecule has 0 atom stereocenters. The monoisotopic (exact) mass is 388 g/mol. The van der Waals surface area contributed by atoms with Crippen molar-refractivity contribution in [1.29, 1.82) is 0 Å². The molecular formula is C22H28O6. The van der Waals surface area contributed by atoms with Crippen LogP contribution in [0.15, 0.2) is 24.3 Å². The molecule has 6 heteroatoms. The van der Waals surface area contributed by atoms with Gasteiger partial charge in [-0.2, -0.15) is 0 Å². The van der Waals surface area contributed by atoms with Crippen LogP contribution < -0.4 is 9.47 Å². The number of carbonyl (C=O) groups is 2. The van der Waals surface area contributed by atoms with Gasteiger partial charge in [-0.3, -0.25) is 0 Å². The second-order valence-electron chi connectivity index (χ2n) is 6.27. The fourth-order valence-electron chi connectivity index (χ4n) is 3.06. The first kappa shape index (κ1) is 21.5. The molecule has 0 aliphatic heterocycles. The minimum Gasteiger partial charge on any atom is -0.434 e. The molecule has 0 radical (unpaired) electrons. The topological polar surface area (TPSA) is 71.1 Å². The summed E-state index contributed by atoms with van der Waals surface area (Å²) < 4.78 is 21.4. The average Bonchev–Trinajstić information content (AvgIpc) is 2.71. The van der Waals surface area contributed by atoms with Crippen LogP contribution in [0.3, 0.4) is 0 Å². The molecule has 0 fully saturated rings. The van der Waals surface area contributed by atoms with Crippen molar-refractivity contribution >= 4 is 23.1 Å². The minimum absolute atomic E-state index is 0.295. The van der Waals surface area contributed by atoms with Crippen molar-refractivity contribution in [2.24, 2.45) is 0 Å². The van der Waals surface area contributed by atoms with Gasteiger partial charge < -0.3 is 18.9 Å². The third-order valence-corrected chi connectivity index (χ3v) is 4.25. The molecule has 0 bridgehead atoms. The highest BCUT2D eigenvalue weighted by atomic mass is 16.7. The van der Waals surface area contributed by atoms with Gasteiger partial charge in [0.25, 0.3) is 0 Å². The summed E-state index contributed by atoms with van der Waals surface area (Å²) in [6.07, 6.45) is 1.15. The average molecular weight is 388 g/mol. The van der Waals surface area contributed by atoms with Crippen LogP contribution in [0.2, 0.25) is 0 Å². The maximum atomic E-state index is 12.1. The van der Waals surface area contributed by atoms with Gasteiger partial charge >= 0.3 is 12.3 Å². The van der Waals surface area contributed by atoms with Gasteiger partial charge in [0.1, 0.15) is 11.5 Å². The molecule has 2 rings (SSSR count). The van der Waals surface area contributed by atoms with E-state index in [-0.39, 0.29) is 0 Å². The summed E-state index contributed by atoms with van der Waals surface area (Å²) in [6, 6.07) is 7.36. The van der Waals surface area contributed by atoms with E-state index in [0.29, 0.717) is 61.2 Å². The van der Waals surface area contributed by atoms with Gasteiger partial charge in [-0.1, -0.05) is 52.0 Å². The number of hydrogen-bond donors (Lipinski definition) is 0. The van der Waals surface area contributed by atoms with Crippen molar-refractivity contribution in [3.8, 4) is 11.5 Å². The van der Waals surface area contributed by atoms with Crippen LogP contribution in [0.5, 0.6) is 11.5 Å². The Morgan fingerprint density at radius 3 is 1.43 bits per heavy atom. The molecule has 6 nitrogen and oxygen atoms in total. The fraction of sp³-hybridized carbons (Fsp3) is 0.455. The lowest BCUT2D eigenvalue weighted by molar-refractivity contribution is 0.0971. The Hall–Kier alpha value is -2.76. The summed E-state index contributed by atoms with van der Waals surface area (Å²) in [5.41, 5.74) is 1.63. The minimum atomic E-state index is -0.736. The summed E-state index contributed by atoms with van der Waals surface area (Å²) in [4.78, 5) is 24.2. The molecule has 0 aromatic heterocycles. The number of fused-ring (bicyclic) bond motifs is 1. The van der Waals surface area contributed by atoms with E-state index in [9.17, 15) is 9.59 Å². The first-order valence-electron chi connectivity index (χ1n) is 9.82. The van der Waals surface area contributed by atoms with Crippen molar-refractivity contribution in [1.82, 2.24) is 0 Å². The van der Waals surface area contributed by atoms with E-state index in [4.69, 9.17) is 18.9 Å². The standard InChI is InChI=1S/C22H28O6/c1-5-13-25-21(23)27-19-15(7-3)16(8-4)20(28-22(24)26-14-6-2)18-12-10-9-11-17(18)19/h9-12H,5-8,13-14H2,1-4H3. The van der Waals surface area contributed by atoms with E-state index in [1.165, 1.54) is 0 Å². The van der Waals surface area contributed by atoms with Crippen LogP contribution in [-0.4, -0.2) is 25.5 Å². The summed E-state index contributed by atoms with van der Waals surface area (Å²) >= 11 is 0. The van der Waals surface area contributed by atoms with Crippen molar-refractivity contribution in [2.75, 3.05) is 13.2 Å². The Kier molecular flexibility index (Phi) is 8.11. The molecule has 152 valence electrons. The molecular weight excluding hydrogens is 360 g/mol. The molecule has 0 amide bonds. The molecule has 2 aromatic rings. The zero-order chi connectivity index (χ0) is 20.5. The Bertz CT molecular complexity index is 759. The van der Waals surface area contributed by atoms with E-state index in [1.807, 2.05) is 52.0 Å². The number of ether oxygens (including phenoxy) is 4. The maximum Gasteiger partial charge on any atom is 0.513 e. The van der Waals surface area contributed by atoms with Crippen LogP contribution >= 0.6 is 0 Å². The van der Waals surface area contributed by atoms with Gasteiger partial charge in [0.15, 0.2) is 0 Å². The third kappa shape index (κ3) is 4.94. The van der Waals surface area contributed by atoms with Gasteiger partial charge in [-0.05, 0) is 25.7 Å². The molecule has 0 N–H and O–H groups in total. The Morgan fingerprint density at radius 1 is 0.714 bits per heavy atom. The highest BCUT2D eigenvalue weighted by Crippen LogP contribution is 2.42. The van der Waals surface area contributed by atoms with Crippen LogP contribution in [0.4, 0.5) is 9.59 Å². The smallest absolute Gasteiger partial charge is 0.434 e. The predicted molar refractivity (Wildman–Crippen MR) is 107 cm³/mol. The Morgan fingerprint density at radius 2 is 1.11 bits per heavy atom. The lowest BCUT2D eigenvalue weighted by atomic mass is 9.94. The zero-order valence-electron chi connectivity index (χ0n) is 17.0. The SMILES string of the molecule is CCCOC(=O)Oc1c(CC)c(CC)c(OC(=O)OCCC)c2ccccc12. The number of rotatable bonds is 8. The fourth-order valence-corrected chi connectivity index (χ4v) is 3.06. The quantitative estimate of drug-likeness (QED) is 0.419. The summed E-state index contributed by atoms with van der Waals surface area (Å²) in [5, 5.41) is 1.37. The van der Waals surface area contributed by atoms with Gasteiger partial charge in [0.05, 0.1) is 13.2 Å². The molecule has 0 heterocycles. The highest BCUT2D eigenvalue weighted by molar-refractivity contribution is 5.98. The molecule has 0 aliphatic rings. The normalized spacial score (nSPS) is 10.6. The van der Waals surface area contributed by atoms with Crippen molar-refractivity contribution in [2.45, 2.75) is 53.4 Å². The van der Waals surface area contributed by atoms with E-state index in [2.05, 4.69) is 0 Å². The molecule has 2 aromatic carbocycles. The van der Waals surface area contributed by atoms with Gasteiger partial charge in [-0.15, -0.1) is 0 Å². The van der Waals surface area contributed by atoms with Gasteiger partial charge in [0.2, 0.25) is 0 Å². The second-order valence-corrected chi connectivity index (χ2v) is 6.27. The lowest BCUT2D eigenvalue weighted by Crippen LogP contribution is -2.16. The summed E-state index contributed by atoms with van der Waals surface area (Å²) in [6.45, 7) is 8.35. The molecule has 0 spiro atoms. The Labute approximate surface area is 165 Å². The summed E-state index contributed by atoms with van der Waals surface area (Å²) in [5.74, 6) is 0.899. The predicted octanol–water partition coefficient (Wildman–Crippen LogP) is 5.82. The van der Waals surface area contributed by atoms with Gasteiger partial charge in [0, 0.05) is 21.9 Å². The second kappa shape index (κ2) is 10.5. The molecule has 28 heavy (non-hydrogen) atoms. The lowest BCUT2D eigenvalue weighted by Gasteiger charge is -2.20. The summed E-state index contributed by atoms with van der Waals surface area (Å²) in [7, 11) is 0. The first-order valence-corrected chi connectivity index (χ1v) is 9.82. The molecule has 0 saturated heterocycles. The number of carbonyl (C=O) groups excluding carboxylic acids is 2. The van der Waals surface area contributed by atoms with Gasteiger partial charge in [-0.25, -0.2) is 9.59 Å². The van der Waals surface area contributed by atoms with E-state index in [1.54, 1.807) is 0 Å². The maximum absolute atomic E-state index is 12.1. The van der Waals surface area contributed by atoms with Crippen LogP contribution in [0, 0.1) is 0 Å². The largest absolute Gasteiger partial charge is 0.513 e. The van der Waals surface area contributed by atoms with Crippen LogP contribution in [-0.2, 0) is 22.3 Å². The first-order chi connectivity index (χ1) is 13.6. The highest BCUT2D eigenvalue weighted by Gasteiger charge is 2.23. The molecule has 0 unspecified atom stereocenters. The third-order valence-electron chi connectivity index (χ3n) is 4.25. The van der Waals surface area contributed by atoms with Crippen LogP contribution in [0.1, 0.15) is 51.7 Å². The van der Waals surface area contributed by atoms with E-state index in [0.717, 1.165) is 11.1 Å².